The second kappa shape index (κ2) is 6.75. The first-order valence-corrected chi connectivity index (χ1v) is 7.52. The Bertz CT molecular complexity index is 213. The maximum atomic E-state index is 5.03. The van der Waals surface area contributed by atoms with Crippen molar-refractivity contribution in [2.45, 2.75) is 58.5 Å². The molecule has 1 heterocycles. The third-order valence-corrected chi connectivity index (χ3v) is 4.26. The maximum Gasteiger partial charge on any atom is 0.104 e. The van der Waals surface area contributed by atoms with E-state index < -0.39 is 0 Å². The first kappa shape index (κ1) is 13.4. The number of ether oxygens (including phenoxy) is 2. The molecule has 0 aromatic rings. The Morgan fingerprint density at radius 1 is 1.12 bits per heavy atom. The molecule has 2 heteroatoms. The van der Waals surface area contributed by atoms with Crippen molar-refractivity contribution in [3.8, 4) is 0 Å². The number of rotatable bonds is 5. The molecule has 0 spiro atoms. The molecule has 4 unspecified atom stereocenters. The number of hydrogen-bond acceptors (Lipinski definition) is 2. The molecule has 2 aliphatic carbocycles. The van der Waals surface area contributed by atoms with Crippen LogP contribution in [-0.4, -0.2) is 25.9 Å². The second-order valence-electron chi connectivity index (χ2n) is 5.84. The number of hydrogen-bond donors (Lipinski definition) is 0. The van der Waals surface area contributed by atoms with Crippen molar-refractivity contribution >= 4 is 0 Å². The van der Waals surface area contributed by atoms with Gasteiger partial charge in [-0.3, -0.25) is 0 Å². The van der Waals surface area contributed by atoms with Gasteiger partial charge in [-0.1, -0.05) is 26.2 Å². The zero-order valence-corrected chi connectivity index (χ0v) is 11.5. The van der Waals surface area contributed by atoms with Crippen molar-refractivity contribution in [2.75, 3.05) is 19.8 Å². The SMILES string of the molecule is CCCC1CCC2CC2C1.CCOCC1CO1. The van der Waals surface area contributed by atoms with E-state index in [4.69, 9.17) is 9.47 Å². The molecule has 4 atom stereocenters. The highest BCUT2D eigenvalue weighted by Crippen LogP contribution is 2.52. The fraction of sp³-hybridized carbons (Fsp3) is 1.00. The van der Waals surface area contributed by atoms with Crippen molar-refractivity contribution in [1.29, 1.82) is 0 Å². The normalized spacial score (nSPS) is 37.8. The minimum atomic E-state index is 0.431. The van der Waals surface area contributed by atoms with E-state index in [0.29, 0.717) is 6.10 Å². The van der Waals surface area contributed by atoms with E-state index in [1.165, 1.54) is 24.7 Å². The van der Waals surface area contributed by atoms with Crippen LogP contribution in [-0.2, 0) is 9.47 Å². The Hall–Kier alpha value is -0.0800. The molecule has 3 aliphatic rings. The Labute approximate surface area is 106 Å². The Morgan fingerprint density at radius 3 is 2.53 bits per heavy atom. The van der Waals surface area contributed by atoms with E-state index in [2.05, 4.69) is 6.92 Å². The molecule has 3 fully saturated rings. The van der Waals surface area contributed by atoms with Gasteiger partial charge >= 0.3 is 0 Å². The van der Waals surface area contributed by atoms with E-state index in [9.17, 15) is 0 Å². The van der Waals surface area contributed by atoms with Crippen LogP contribution in [0.2, 0.25) is 0 Å². The largest absolute Gasteiger partial charge is 0.379 e. The lowest BCUT2D eigenvalue weighted by Gasteiger charge is -2.19. The standard InChI is InChI=1S/C10H18.C5H10O2/c1-2-3-8-4-5-9-7-10(9)6-8;1-2-6-3-5-4-7-5/h8-10H,2-7H2,1H3;5H,2-4H2,1H3. The topological polar surface area (TPSA) is 21.8 Å². The maximum absolute atomic E-state index is 5.03. The summed E-state index contributed by atoms with van der Waals surface area (Å²) >= 11 is 0. The minimum Gasteiger partial charge on any atom is -0.379 e. The van der Waals surface area contributed by atoms with E-state index >= 15 is 0 Å². The summed E-state index contributed by atoms with van der Waals surface area (Å²) in [5.74, 6) is 3.49. The highest BCUT2D eigenvalue weighted by Gasteiger charge is 2.41. The molecule has 100 valence electrons. The predicted molar refractivity (Wildman–Crippen MR) is 70.1 cm³/mol. The van der Waals surface area contributed by atoms with Gasteiger partial charge in [0.25, 0.3) is 0 Å². The van der Waals surface area contributed by atoms with Crippen LogP contribution in [0.5, 0.6) is 0 Å². The molecule has 1 aliphatic heterocycles. The molecule has 3 rings (SSSR count). The molecule has 17 heavy (non-hydrogen) atoms. The van der Waals surface area contributed by atoms with Gasteiger partial charge in [-0.2, -0.15) is 0 Å². The lowest BCUT2D eigenvalue weighted by atomic mass is 9.86. The van der Waals surface area contributed by atoms with Gasteiger partial charge in [0.1, 0.15) is 6.10 Å². The molecule has 0 bridgehead atoms. The minimum absolute atomic E-state index is 0.431. The molecular weight excluding hydrogens is 212 g/mol. The van der Waals surface area contributed by atoms with Gasteiger partial charge in [0.05, 0.1) is 13.2 Å². The monoisotopic (exact) mass is 240 g/mol. The summed E-state index contributed by atoms with van der Waals surface area (Å²) in [6, 6.07) is 0. The summed E-state index contributed by atoms with van der Waals surface area (Å²) in [6.07, 6.45) is 9.62. The summed E-state index contributed by atoms with van der Waals surface area (Å²) in [5.41, 5.74) is 0. The van der Waals surface area contributed by atoms with Gasteiger partial charge in [0.15, 0.2) is 0 Å². The van der Waals surface area contributed by atoms with Crippen LogP contribution in [0, 0.1) is 17.8 Å². The molecule has 1 saturated heterocycles. The summed E-state index contributed by atoms with van der Waals surface area (Å²) in [5, 5.41) is 0. The van der Waals surface area contributed by atoms with Crippen LogP contribution in [0.4, 0.5) is 0 Å². The molecule has 0 N–H and O–H groups in total. The Kier molecular flexibility index (Phi) is 5.30. The molecule has 0 aromatic heterocycles. The fourth-order valence-corrected chi connectivity index (χ4v) is 3.03. The van der Waals surface area contributed by atoms with Gasteiger partial charge in [-0.05, 0) is 43.9 Å². The smallest absolute Gasteiger partial charge is 0.104 e. The predicted octanol–water partition coefficient (Wildman–Crippen LogP) is 3.64. The highest BCUT2D eigenvalue weighted by molar-refractivity contribution is 4.92. The average Bonchev–Trinajstić information content (AvgIpc) is 3.22. The second-order valence-corrected chi connectivity index (χ2v) is 5.84. The lowest BCUT2D eigenvalue weighted by Crippen LogP contribution is -2.07. The van der Waals surface area contributed by atoms with Crippen LogP contribution in [0.25, 0.3) is 0 Å². The number of epoxide rings is 1. The molecular formula is C15H28O2. The third-order valence-electron chi connectivity index (χ3n) is 4.26. The van der Waals surface area contributed by atoms with E-state index in [-0.39, 0.29) is 0 Å². The Balaban J connectivity index is 0.000000136. The van der Waals surface area contributed by atoms with Gasteiger partial charge < -0.3 is 9.47 Å². The van der Waals surface area contributed by atoms with Crippen LogP contribution >= 0.6 is 0 Å². The summed E-state index contributed by atoms with van der Waals surface area (Å²) in [6.45, 7) is 6.80. The zero-order chi connectivity index (χ0) is 12.1. The van der Waals surface area contributed by atoms with Crippen molar-refractivity contribution in [3.63, 3.8) is 0 Å². The number of fused-ring (bicyclic) bond motifs is 1. The molecule has 2 saturated carbocycles. The zero-order valence-electron chi connectivity index (χ0n) is 11.5. The van der Waals surface area contributed by atoms with Gasteiger partial charge in [0, 0.05) is 6.61 Å². The summed E-state index contributed by atoms with van der Waals surface area (Å²) in [4.78, 5) is 0. The summed E-state index contributed by atoms with van der Waals surface area (Å²) < 4.78 is 9.92. The van der Waals surface area contributed by atoms with Crippen LogP contribution in [0.15, 0.2) is 0 Å². The van der Waals surface area contributed by atoms with Crippen molar-refractivity contribution in [2.24, 2.45) is 17.8 Å². The summed E-state index contributed by atoms with van der Waals surface area (Å²) in [7, 11) is 0. The van der Waals surface area contributed by atoms with E-state index in [0.717, 1.165) is 25.7 Å². The molecule has 0 aromatic carbocycles. The van der Waals surface area contributed by atoms with Crippen molar-refractivity contribution in [1.82, 2.24) is 0 Å². The fourth-order valence-electron chi connectivity index (χ4n) is 3.03. The van der Waals surface area contributed by atoms with Gasteiger partial charge in [0.2, 0.25) is 0 Å². The van der Waals surface area contributed by atoms with Gasteiger partial charge in [-0.25, -0.2) is 0 Å². The first-order valence-electron chi connectivity index (χ1n) is 7.52. The molecule has 2 nitrogen and oxygen atoms in total. The first-order chi connectivity index (χ1) is 8.33. The third kappa shape index (κ3) is 4.97. The molecule has 0 radical (unpaired) electrons. The van der Waals surface area contributed by atoms with E-state index in [1.54, 1.807) is 25.7 Å². The molecule has 0 amide bonds. The van der Waals surface area contributed by atoms with Gasteiger partial charge in [-0.15, -0.1) is 0 Å². The Morgan fingerprint density at radius 2 is 1.94 bits per heavy atom. The highest BCUT2D eigenvalue weighted by atomic mass is 16.6. The quantitative estimate of drug-likeness (QED) is 0.684. The lowest BCUT2D eigenvalue weighted by molar-refractivity contribution is 0.128. The van der Waals surface area contributed by atoms with Crippen LogP contribution in [0.1, 0.15) is 52.4 Å². The van der Waals surface area contributed by atoms with E-state index in [1.807, 2.05) is 6.92 Å². The van der Waals surface area contributed by atoms with Crippen LogP contribution < -0.4 is 0 Å². The van der Waals surface area contributed by atoms with Crippen molar-refractivity contribution < 1.29 is 9.47 Å². The van der Waals surface area contributed by atoms with Crippen molar-refractivity contribution in [3.05, 3.63) is 0 Å². The van der Waals surface area contributed by atoms with Crippen LogP contribution in [0.3, 0.4) is 0 Å². The average molecular weight is 240 g/mol.